The fourth-order valence-corrected chi connectivity index (χ4v) is 3.98. The molecule has 1 N–H and O–H groups in total. The van der Waals surface area contributed by atoms with Crippen molar-refractivity contribution in [2.75, 3.05) is 31.7 Å². The third kappa shape index (κ3) is 8.25. The third-order valence-electron chi connectivity index (χ3n) is 5.34. The van der Waals surface area contributed by atoms with Crippen molar-refractivity contribution in [3.8, 4) is 0 Å². The summed E-state index contributed by atoms with van der Waals surface area (Å²) in [5, 5.41) is 3.60. The zero-order chi connectivity index (χ0) is 26.4. The second kappa shape index (κ2) is 16.2. The van der Waals surface area contributed by atoms with Gasteiger partial charge in [0.15, 0.2) is 0 Å². The van der Waals surface area contributed by atoms with Gasteiger partial charge in [0.25, 0.3) is 5.91 Å². The normalized spacial score (nSPS) is 13.0. The Labute approximate surface area is 217 Å². The van der Waals surface area contributed by atoms with Crippen LogP contribution in [0.3, 0.4) is 0 Å². The van der Waals surface area contributed by atoms with Gasteiger partial charge in [0, 0.05) is 31.5 Å². The fraction of sp³-hybridized carbons (Fsp3) is 0.500. The summed E-state index contributed by atoms with van der Waals surface area (Å²) in [7, 11) is 2.15. The monoisotopic (exact) mass is 501 g/mol. The molecule has 3 aromatic rings. The van der Waals surface area contributed by atoms with Gasteiger partial charge in [-0.05, 0) is 49.7 Å². The minimum Gasteiger partial charge on any atom is -0.358 e. The van der Waals surface area contributed by atoms with Gasteiger partial charge in [0.1, 0.15) is 11.3 Å². The number of anilines is 1. The van der Waals surface area contributed by atoms with Crippen LogP contribution < -0.4 is 10.2 Å². The van der Waals surface area contributed by atoms with Crippen molar-refractivity contribution in [3.63, 3.8) is 0 Å². The maximum atomic E-state index is 12.9. The number of nitrogens with one attached hydrogen (secondary N) is 1. The Morgan fingerprint density at radius 1 is 1.00 bits per heavy atom. The number of carbonyl (C=O) groups is 1. The number of pyridine rings is 1. The standard InChI is InChI=1S/C22H26ClN5O.3C2H6/c1-3-19-21(28-14-17(23)7-10-20(28)25-19)22(29)24-13-16-5-8-18(9-6-16)27-12-4-11-26(2)15-27;3*1-2/h5-10,14H,3-4,11-13,15H2,1-2H3,(H,24,29);3*1-2H3. The molecule has 3 heterocycles. The topological polar surface area (TPSA) is 52.9 Å². The molecule has 2 aromatic heterocycles. The van der Waals surface area contributed by atoms with E-state index in [0.29, 0.717) is 23.7 Å². The number of imidazole rings is 1. The molecule has 35 heavy (non-hydrogen) atoms. The van der Waals surface area contributed by atoms with Crippen molar-refractivity contribution in [2.24, 2.45) is 0 Å². The smallest absolute Gasteiger partial charge is 0.270 e. The Balaban J connectivity index is 0.000000949. The minimum atomic E-state index is -0.140. The summed E-state index contributed by atoms with van der Waals surface area (Å²) in [6.07, 6.45) is 3.60. The van der Waals surface area contributed by atoms with Crippen LogP contribution in [0.4, 0.5) is 5.69 Å². The van der Waals surface area contributed by atoms with Crippen molar-refractivity contribution in [1.82, 2.24) is 19.6 Å². The van der Waals surface area contributed by atoms with Gasteiger partial charge in [-0.15, -0.1) is 0 Å². The first kappa shape index (κ1) is 30.5. The first-order valence-corrected chi connectivity index (χ1v) is 13.4. The average molecular weight is 502 g/mol. The molecule has 0 bridgehead atoms. The third-order valence-corrected chi connectivity index (χ3v) is 5.56. The largest absolute Gasteiger partial charge is 0.358 e. The van der Waals surface area contributed by atoms with E-state index in [1.807, 2.05) is 54.5 Å². The zero-order valence-corrected chi connectivity index (χ0v) is 23.6. The van der Waals surface area contributed by atoms with E-state index >= 15 is 0 Å². The van der Waals surface area contributed by atoms with Crippen molar-refractivity contribution in [1.29, 1.82) is 0 Å². The summed E-state index contributed by atoms with van der Waals surface area (Å²) < 4.78 is 1.77. The number of nitrogens with zero attached hydrogens (tertiary/aromatic N) is 4. The van der Waals surface area contributed by atoms with E-state index in [1.165, 1.54) is 12.1 Å². The lowest BCUT2D eigenvalue weighted by Crippen LogP contribution is -2.42. The molecular formula is C28H44ClN5O. The van der Waals surface area contributed by atoms with Gasteiger partial charge in [-0.1, -0.05) is 72.2 Å². The quantitative estimate of drug-likeness (QED) is 0.424. The van der Waals surface area contributed by atoms with Crippen LogP contribution in [0.25, 0.3) is 5.65 Å². The van der Waals surface area contributed by atoms with E-state index in [4.69, 9.17) is 11.6 Å². The number of fused-ring (bicyclic) bond motifs is 1. The summed E-state index contributed by atoms with van der Waals surface area (Å²) in [5.41, 5.74) is 4.34. The first-order chi connectivity index (χ1) is 17.0. The molecule has 1 saturated heterocycles. The fourth-order valence-electron chi connectivity index (χ4n) is 3.82. The van der Waals surface area contributed by atoms with Crippen molar-refractivity contribution in [2.45, 2.75) is 67.9 Å². The Bertz CT molecular complexity index is 1020. The van der Waals surface area contributed by atoms with Gasteiger partial charge in [0.05, 0.1) is 17.4 Å². The number of aromatic nitrogens is 2. The predicted octanol–water partition coefficient (Wildman–Crippen LogP) is 6.66. The van der Waals surface area contributed by atoms with Gasteiger partial charge < -0.3 is 10.2 Å². The van der Waals surface area contributed by atoms with E-state index in [9.17, 15) is 4.79 Å². The minimum absolute atomic E-state index is 0.140. The Kier molecular flexibility index (Phi) is 14.1. The second-order valence-electron chi connectivity index (χ2n) is 7.52. The Hall–Kier alpha value is -2.57. The summed E-state index contributed by atoms with van der Waals surface area (Å²) in [6.45, 7) is 17.6. The molecule has 1 aliphatic heterocycles. The lowest BCUT2D eigenvalue weighted by Gasteiger charge is -2.34. The second-order valence-corrected chi connectivity index (χ2v) is 7.96. The number of aryl methyl sites for hydroxylation is 1. The van der Waals surface area contributed by atoms with E-state index in [1.54, 1.807) is 16.7 Å². The van der Waals surface area contributed by atoms with Gasteiger partial charge in [-0.3, -0.25) is 14.1 Å². The first-order valence-electron chi connectivity index (χ1n) is 13.0. The number of hydrogen-bond donors (Lipinski definition) is 1. The Morgan fingerprint density at radius 2 is 1.66 bits per heavy atom. The summed E-state index contributed by atoms with van der Waals surface area (Å²) >= 11 is 6.12. The number of amides is 1. The molecule has 0 atom stereocenters. The summed E-state index contributed by atoms with van der Waals surface area (Å²) in [5.74, 6) is -0.140. The van der Waals surface area contributed by atoms with Crippen LogP contribution in [-0.4, -0.2) is 47.0 Å². The molecular weight excluding hydrogens is 458 g/mol. The lowest BCUT2D eigenvalue weighted by molar-refractivity contribution is 0.0944. The molecule has 1 fully saturated rings. The van der Waals surface area contributed by atoms with Crippen LogP contribution in [0.2, 0.25) is 5.02 Å². The lowest BCUT2D eigenvalue weighted by atomic mass is 10.1. The van der Waals surface area contributed by atoms with Crippen LogP contribution in [-0.2, 0) is 13.0 Å². The van der Waals surface area contributed by atoms with Gasteiger partial charge in [-0.2, -0.15) is 0 Å². The molecule has 1 aromatic carbocycles. The highest BCUT2D eigenvalue weighted by Gasteiger charge is 2.18. The molecule has 7 heteroatoms. The molecule has 6 nitrogen and oxygen atoms in total. The molecule has 1 amide bonds. The molecule has 4 rings (SSSR count). The van der Waals surface area contributed by atoms with E-state index in [-0.39, 0.29) is 5.91 Å². The average Bonchev–Trinajstić information content (AvgIpc) is 3.29. The van der Waals surface area contributed by atoms with Crippen molar-refractivity contribution >= 4 is 28.8 Å². The number of rotatable bonds is 5. The highest BCUT2D eigenvalue weighted by molar-refractivity contribution is 6.30. The van der Waals surface area contributed by atoms with E-state index in [2.05, 4.69) is 51.4 Å². The summed E-state index contributed by atoms with van der Waals surface area (Å²) in [6, 6.07) is 12.0. The molecule has 0 spiro atoms. The van der Waals surface area contributed by atoms with Crippen LogP contribution in [0.1, 0.15) is 76.6 Å². The maximum absolute atomic E-state index is 12.9. The van der Waals surface area contributed by atoms with E-state index in [0.717, 1.165) is 36.7 Å². The molecule has 0 unspecified atom stereocenters. The molecule has 0 radical (unpaired) electrons. The highest BCUT2D eigenvalue weighted by Crippen LogP contribution is 2.20. The van der Waals surface area contributed by atoms with Gasteiger partial charge in [-0.25, -0.2) is 4.98 Å². The van der Waals surface area contributed by atoms with Crippen LogP contribution in [0, 0.1) is 0 Å². The zero-order valence-electron chi connectivity index (χ0n) is 22.9. The van der Waals surface area contributed by atoms with Gasteiger partial charge in [0.2, 0.25) is 0 Å². The molecule has 0 saturated carbocycles. The van der Waals surface area contributed by atoms with Gasteiger partial charge >= 0.3 is 0 Å². The number of halogens is 1. The van der Waals surface area contributed by atoms with Crippen LogP contribution in [0.15, 0.2) is 42.6 Å². The van der Waals surface area contributed by atoms with E-state index < -0.39 is 0 Å². The van der Waals surface area contributed by atoms with Crippen molar-refractivity contribution in [3.05, 3.63) is 64.6 Å². The number of carbonyl (C=O) groups excluding carboxylic acids is 1. The highest BCUT2D eigenvalue weighted by atomic mass is 35.5. The Morgan fingerprint density at radius 3 is 2.26 bits per heavy atom. The molecule has 194 valence electrons. The number of hydrogen-bond acceptors (Lipinski definition) is 4. The molecule has 1 aliphatic rings. The molecule has 0 aliphatic carbocycles. The van der Waals surface area contributed by atoms with Crippen LogP contribution >= 0.6 is 11.6 Å². The predicted molar refractivity (Wildman–Crippen MR) is 151 cm³/mol. The van der Waals surface area contributed by atoms with Crippen LogP contribution in [0.5, 0.6) is 0 Å². The number of benzene rings is 1. The summed E-state index contributed by atoms with van der Waals surface area (Å²) in [4.78, 5) is 22.2. The van der Waals surface area contributed by atoms with Crippen molar-refractivity contribution < 1.29 is 4.79 Å². The maximum Gasteiger partial charge on any atom is 0.270 e. The SMILES string of the molecule is CC.CC.CC.CCc1nc2ccc(Cl)cn2c1C(=O)NCc1ccc(N2CCCN(C)C2)cc1.